The average Bonchev–Trinajstić information content (AvgIpc) is 1.90. The third-order valence-corrected chi connectivity index (χ3v) is 3.58. The second-order valence-electron chi connectivity index (χ2n) is 1.58. The fourth-order valence-corrected chi connectivity index (χ4v) is 2.06. The van der Waals surface area contributed by atoms with Crippen LogP contribution in [0.3, 0.4) is 0 Å². The van der Waals surface area contributed by atoms with Gasteiger partial charge in [-0.05, 0) is 0 Å². The Bertz CT molecular complexity index is 210. The molecule has 0 bridgehead atoms. The van der Waals surface area contributed by atoms with Crippen molar-refractivity contribution in [1.29, 1.82) is 0 Å². The van der Waals surface area contributed by atoms with Crippen LogP contribution in [0.4, 0.5) is 0 Å². The van der Waals surface area contributed by atoms with Gasteiger partial charge in [-0.1, -0.05) is 0 Å². The Hall–Kier alpha value is 0.329. The van der Waals surface area contributed by atoms with Gasteiger partial charge in [-0.15, -0.1) is 0 Å². The molecule has 0 aromatic heterocycles. The monoisotopic (exact) mass is 223 g/mol. The van der Waals surface area contributed by atoms with Crippen molar-refractivity contribution in [2.45, 2.75) is 0 Å². The first-order valence-corrected chi connectivity index (χ1v) is 6.95. The Labute approximate surface area is 67.7 Å². The summed E-state index contributed by atoms with van der Waals surface area (Å²) >= 11 is 8.70. The van der Waals surface area contributed by atoms with Crippen molar-refractivity contribution in [2.75, 3.05) is 0 Å². The molecule has 9 heavy (non-hydrogen) atoms. The molecular formula is C6H5ClPSe+. The van der Waals surface area contributed by atoms with Gasteiger partial charge in [-0.3, -0.25) is 0 Å². The van der Waals surface area contributed by atoms with Gasteiger partial charge in [-0.25, -0.2) is 0 Å². The molecule has 0 aliphatic heterocycles. The van der Waals surface area contributed by atoms with E-state index in [4.69, 9.17) is 11.2 Å². The predicted octanol–water partition coefficient (Wildman–Crippen LogP) is 2.03. The van der Waals surface area contributed by atoms with Crippen molar-refractivity contribution in [3.8, 4) is 0 Å². The quantitative estimate of drug-likeness (QED) is 0.504. The van der Waals surface area contributed by atoms with Gasteiger partial charge < -0.3 is 0 Å². The first-order valence-electron chi connectivity index (χ1n) is 2.49. The summed E-state index contributed by atoms with van der Waals surface area (Å²) in [6.45, 7) is 0. The van der Waals surface area contributed by atoms with E-state index in [0.29, 0.717) is 0 Å². The SMILES string of the molecule is Cl[P+](=[Se])c1ccccc1. The first kappa shape index (κ1) is 7.44. The fourth-order valence-electron chi connectivity index (χ4n) is 0.545. The Kier molecular flexibility index (Phi) is 2.88. The van der Waals surface area contributed by atoms with Gasteiger partial charge in [-0.2, -0.15) is 0 Å². The van der Waals surface area contributed by atoms with Crippen molar-refractivity contribution in [3.05, 3.63) is 30.3 Å². The van der Waals surface area contributed by atoms with E-state index >= 15 is 0 Å². The molecule has 0 saturated carbocycles. The van der Waals surface area contributed by atoms with E-state index in [1.54, 1.807) is 0 Å². The van der Waals surface area contributed by atoms with Gasteiger partial charge in [0.05, 0.1) is 0 Å². The zero-order chi connectivity index (χ0) is 6.69. The van der Waals surface area contributed by atoms with E-state index in [-0.39, 0.29) is 0 Å². The standard InChI is InChI=1S/C6H5ClPSe/c7-8(9)6-4-2-1-3-5-6/h1-5H/q+1. The number of rotatable bonds is 1. The van der Waals surface area contributed by atoms with Crippen LogP contribution in [0.1, 0.15) is 0 Å². The van der Waals surface area contributed by atoms with Crippen molar-refractivity contribution >= 4 is 37.2 Å². The molecule has 1 atom stereocenters. The van der Waals surface area contributed by atoms with Crippen molar-refractivity contribution in [3.63, 3.8) is 0 Å². The Morgan fingerprint density at radius 3 is 2.11 bits per heavy atom. The molecule has 0 N–H and O–H groups in total. The minimum absolute atomic E-state index is 0.548. The minimum atomic E-state index is -0.548. The summed E-state index contributed by atoms with van der Waals surface area (Å²) in [5, 5.41) is 1.19. The Balaban J connectivity index is 2.98. The molecule has 1 rings (SSSR count). The van der Waals surface area contributed by atoms with Gasteiger partial charge in [0.15, 0.2) is 0 Å². The molecule has 0 aliphatic carbocycles. The molecule has 0 heterocycles. The molecule has 0 aliphatic rings. The van der Waals surface area contributed by atoms with Crippen molar-refractivity contribution in [2.24, 2.45) is 0 Å². The number of hydrogen-bond donors (Lipinski definition) is 0. The Morgan fingerprint density at radius 2 is 1.78 bits per heavy atom. The van der Waals surface area contributed by atoms with Gasteiger partial charge >= 0.3 is 67.5 Å². The van der Waals surface area contributed by atoms with E-state index in [0.717, 1.165) is 0 Å². The fraction of sp³-hybridized carbons (Fsp3) is 0. The van der Waals surface area contributed by atoms with E-state index in [1.807, 2.05) is 30.3 Å². The molecule has 0 saturated heterocycles. The number of benzene rings is 1. The summed E-state index contributed by atoms with van der Waals surface area (Å²) in [6.07, 6.45) is 0. The summed E-state index contributed by atoms with van der Waals surface area (Å²) in [5.74, 6) is 0. The second-order valence-corrected chi connectivity index (χ2v) is 7.26. The summed E-state index contributed by atoms with van der Waals surface area (Å²) < 4.78 is 0. The van der Waals surface area contributed by atoms with Crippen LogP contribution in [0.25, 0.3) is 0 Å². The summed E-state index contributed by atoms with van der Waals surface area (Å²) in [6, 6.07) is 10.0. The van der Waals surface area contributed by atoms with Crippen LogP contribution in [0, 0.1) is 0 Å². The normalized spacial score (nSPS) is 11.0. The maximum absolute atomic E-state index is 5.81. The van der Waals surface area contributed by atoms with Crippen LogP contribution in [0.15, 0.2) is 30.3 Å². The molecule has 0 spiro atoms. The molecule has 1 unspecified atom stereocenters. The average molecular weight is 222 g/mol. The van der Waals surface area contributed by atoms with Gasteiger partial charge in [0.1, 0.15) is 0 Å². The summed E-state index contributed by atoms with van der Waals surface area (Å²) in [7, 11) is 0. The molecule has 1 aromatic carbocycles. The number of halogens is 1. The molecule has 3 heteroatoms. The third-order valence-electron chi connectivity index (χ3n) is 0.959. The van der Waals surface area contributed by atoms with E-state index in [9.17, 15) is 0 Å². The van der Waals surface area contributed by atoms with Gasteiger partial charge in [0.25, 0.3) is 0 Å². The van der Waals surface area contributed by atoms with E-state index in [2.05, 4.69) is 15.1 Å². The Morgan fingerprint density at radius 1 is 1.22 bits per heavy atom. The zero-order valence-corrected chi connectivity index (χ0v) is 7.98. The molecule has 0 radical (unpaired) electrons. The maximum atomic E-state index is 5.81. The molecule has 0 amide bonds. The third kappa shape index (κ3) is 2.20. The van der Waals surface area contributed by atoms with Crippen LogP contribution in [0.2, 0.25) is 0 Å². The van der Waals surface area contributed by atoms with Crippen LogP contribution in [0.5, 0.6) is 0 Å². The van der Waals surface area contributed by atoms with Crippen LogP contribution >= 0.6 is 16.8 Å². The van der Waals surface area contributed by atoms with Gasteiger partial charge in [0.2, 0.25) is 0 Å². The molecule has 46 valence electrons. The van der Waals surface area contributed by atoms with E-state index < -0.39 is 5.52 Å². The number of hydrogen-bond acceptors (Lipinski definition) is 0. The molecule has 0 fully saturated rings. The first-order chi connectivity index (χ1) is 4.30. The second kappa shape index (κ2) is 3.49. The van der Waals surface area contributed by atoms with E-state index in [1.165, 1.54) is 5.30 Å². The zero-order valence-electron chi connectivity index (χ0n) is 4.62. The van der Waals surface area contributed by atoms with Gasteiger partial charge in [0, 0.05) is 0 Å². The molecule has 0 nitrogen and oxygen atoms in total. The van der Waals surface area contributed by atoms with Crippen LogP contribution in [-0.2, 0) is 0 Å². The van der Waals surface area contributed by atoms with Crippen molar-refractivity contribution < 1.29 is 0 Å². The predicted molar refractivity (Wildman–Crippen MR) is 44.6 cm³/mol. The van der Waals surface area contributed by atoms with Crippen LogP contribution in [-0.4, -0.2) is 15.1 Å². The summed E-state index contributed by atoms with van der Waals surface area (Å²) in [4.78, 5) is 0. The van der Waals surface area contributed by atoms with Crippen LogP contribution < -0.4 is 5.30 Å². The van der Waals surface area contributed by atoms with Crippen molar-refractivity contribution in [1.82, 2.24) is 0 Å². The summed E-state index contributed by atoms with van der Waals surface area (Å²) in [5.41, 5.74) is -0.548. The molecule has 1 aromatic rings. The molecular weight excluding hydrogens is 217 g/mol. The topological polar surface area (TPSA) is 0 Å².